The Morgan fingerprint density at radius 3 is 2.57 bits per heavy atom. The molecule has 1 aromatic carbocycles. The second-order valence-corrected chi connectivity index (χ2v) is 7.59. The molecule has 156 valence electrons. The molecule has 0 radical (unpaired) electrons. The molecule has 1 aliphatic rings. The lowest BCUT2D eigenvalue weighted by molar-refractivity contribution is -0.118. The summed E-state index contributed by atoms with van der Waals surface area (Å²) in [5.74, 6) is -3.59. The Labute approximate surface area is 171 Å². The lowest BCUT2D eigenvalue weighted by atomic mass is 9.83. The molecule has 0 spiro atoms. The van der Waals surface area contributed by atoms with Crippen LogP contribution < -0.4 is 5.32 Å². The summed E-state index contributed by atoms with van der Waals surface area (Å²) in [7, 11) is 1.67. The van der Waals surface area contributed by atoms with E-state index in [4.69, 9.17) is 0 Å². The first-order valence-electron chi connectivity index (χ1n) is 9.62. The van der Waals surface area contributed by atoms with E-state index in [9.17, 15) is 13.6 Å². The average molecular weight is 413 g/mol. The Bertz CT molecular complexity index is 1030. The number of nitrogens with zero attached hydrogens (tertiary/aromatic N) is 6. The van der Waals surface area contributed by atoms with Crippen molar-refractivity contribution >= 4 is 11.7 Å². The van der Waals surface area contributed by atoms with Crippen LogP contribution in [-0.4, -0.2) is 42.0 Å². The first-order chi connectivity index (χ1) is 14.3. The van der Waals surface area contributed by atoms with Gasteiger partial charge in [0, 0.05) is 18.4 Å². The number of benzene rings is 1. The Morgan fingerprint density at radius 2 is 2.00 bits per heavy atom. The normalized spacial score (nSPS) is 18.9. The Hall–Kier alpha value is -3.30. The summed E-state index contributed by atoms with van der Waals surface area (Å²) in [6.45, 7) is 1.79. The minimum Gasteiger partial charge on any atom is -0.309 e. The molecule has 8 nitrogen and oxygen atoms in total. The van der Waals surface area contributed by atoms with Crippen LogP contribution >= 0.6 is 0 Å². The number of anilines is 1. The summed E-state index contributed by atoms with van der Waals surface area (Å²) in [4.78, 5) is 22.7. The Morgan fingerprint density at radius 1 is 1.23 bits per heavy atom. The smallest absolute Gasteiger partial charge is 0.248 e. The van der Waals surface area contributed by atoms with Gasteiger partial charge in [-0.05, 0) is 30.0 Å². The van der Waals surface area contributed by atoms with Gasteiger partial charge in [0.2, 0.25) is 17.7 Å². The van der Waals surface area contributed by atoms with Gasteiger partial charge in [-0.3, -0.25) is 9.78 Å². The third kappa shape index (κ3) is 4.32. The molecule has 0 aliphatic heterocycles. The maximum absolute atomic E-state index is 13.9. The highest BCUT2D eigenvalue weighted by Gasteiger charge is 2.45. The van der Waals surface area contributed by atoms with Crippen molar-refractivity contribution in [3.8, 4) is 11.4 Å². The second kappa shape index (κ2) is 7.85. The van der Waals surface area contributed by atoms with Crippen molar-refractivity contribution in [1.29, 1.82) is 0 Å². The van der Waals surface area contributed by atoms with Gasteiger partial charge in [0.05, 0.1) is 31.1 Å². The molecule has 0 bridgehead atoms. The largest absolute Gasteiger partial charge is 0.309 e. The molecule has 30 heavy (non-hydrogen) atoms. The number of halogens is 2. The van der Waals surface area contributed by atoms with Gasteiger partial charge in [0.25, 0.3) is 0 Å². The van der Waals surface area contributed by atoms with E-state index >= 15 is 0 Å². The van der Waals surface area contributed by atoms with Crippen LogP contribution in [0.15, 0.2) is 36.7 Å². The van der Waals surface area contributed by atoms with Crippen LogP contribution in [0.1, 0.15) is 36.4 Å². The number of carbonyl (C=O) groups is 1. The zero-order valence-corrected chi connectivity index (χ0v) is 16.6. The van der Waals surface area contributed by atoms with E-state index in [1.807, 2.05) is 0 Å². The summed E-state index contributed by atoms with van der Waals surface area (Å²) in [6, 6.07) is 7.05. The minimum absolute atomic E-state index is 0.215. The van der Waals surface area contributed by atoms with Crippen LogP contribution in [0, 0.1) is 12.8 Å². The van der Waals surface area contributed by atoms with Crippen LogP contribution in [0.25, 0.3) is 11.4 Å². The highest BCUT2D eigenvalue weighted by Crippen LogP contribution is 2.45. The van der Waals surface area contributed by atoms with Crippen molar-refractivity contribution in [2.24, 2.45) is 13.0 Å². The summed E-state index contributed by atoms with van der Waals surface area (Å²) in [5, 5.41) is 14.6. The van der Waals surface area contributed by atoms with Gasteiger partial charge in [-0.1, -0.05) is 24.3 Å². The molecule has 1 N–H and O–H groups in total. The van der Waals surface area contributed by atoms with E-state index in [1.165, 1.54) is 17.2 Å². The van der Waals surface area contributed by atoms with E-state index in [-0.39, 0.29) is 25.2 Å². The van der Waals surface area contributed by atoms with Crippen molar-refractivity contribution in [2.45, 2.75) is 38.0 Å². The molecule has 0 unspecified atom stereocenters. The van der Waals surface area contributed by atoms with Gasteiger partial charge < -0.3 is 5.32 Å². The van der Waals surface area contributed by atoms with Gasteiger partial charge in [-0.25, -0.2) is 13.8 Å². The number of amides is 1. The number of aromatic nitrogens is 6. The minimum atomic E-state index is -2.75. The van der Waals surface area contributed by atoms with E-state index in [1.54, 1.807) is 38.2 Å². The van der Waals surface area contributed by atoms with Crippen molar-refractivity contribution in [1.82, 2.24) is 30.2 Å². The predicted octanol–water partition coefficient (Wildman–Crippen LogP) is 3.13. The molecular weight excluding hydrogens is 392 g/mol. The highest BCUT2D eigenvalue weighted by molar-refractivity contribution is 5.95. The predicted molar refractivity (Wildman–Crippen MR) is 105 cm³/mol. The van der Waals surface area contributed by atoms with Crippen LogP contribution in [0.4, 0.5) is 14.6 Å². The molecule has 2 heterocycles. The van der Waals surface area contributed by atoms with E-state index in [2.05, 4.69) is 30.7 Å². The maximum atomic E-state index is 13.9. The molecule has 2 atom stereocenters. The van der Waals surface area contributed by atoms with Crippen LogP contribution in [-0.2, 0) is 11.8 Å². The topological polar surface area (TPSA) is 98.5 Å². The lowest BCUT2D eigenvalue weighted by Crippen LogP contribution is -2.28. The molecule has 3 aromatic rings. The third-order valence-electron chi connectivity index (χ3n) is 5.26. The molecule has 1 amide bonds. The van der Waals surface area contributed by atoms with Crippen LogP contribution in [0.2, 0.25) is 0 Å². The number of hydrogen-bond donors (Lipinski definition) is 1. The molecule has 1 aliphatic carbocycles. The first kappa shape index (κ1) is 20.0. The van der Waals surface area contributed by atoms with E-state index in [0.29, 0.717) is 22.9 Å². The standard InChI is InChI=1S/C20H21F2N7O/c1-12-10-24-16(11-23-12)25-19(30)17(15-7-8-20(21,22)9-15)13-3-5-14(6-4-13)18-26-28-29(2)27-18/h3-6,10-11,15,17H,7-9H2,1-2H3,(H,24,25,30)/t15-,17+/m0/s1. The van der Waals surface area contributed by atoms with Gasteiger partial charge in [0.15, 0.2) is 5.82 Å². The number of tetrazole rings is 1. The number of alkyl halides is 2. The third-order valence-corrected chi connectivity index (χ3v) is 5.26. The molecule has 2 aromatic heterocycles. The first-order valence-corrected chi connectivity index (χ1v) is 9.62. The fourth-order valence-electron chi connectivity index (χ4n) is 3.81. The zero-order chi connectivity index (χ0) is 21.3. The Kier molecular flexibility index (Phi) is 5.23. The quantitative estimate of drug-likeness (QED) is 0.690. The number of rotatable bonds is 5. The molecule has 1 saturated carbocycles. The number of aryl methyl sites for hydroxylation is 2. The molecular formula is C20H21F2N7O. The van der Waals surface area contributed by atoms with Gasteiger partial charge >= 0.3 is 0 Å². The highest BCUT2D eigenvalue weighted by atomic mass is 19.3. The summed E-state index contributed by atoms with van der Waals surface area (Å²) in [5.41, 5.74) is 2.10. The zero-order valence-electron chi connectivity index (χ0n) is 16.6. The van der Waals surface area contributed by atoms with Crippen LogP contribution in [0.5, 0.6) is 0 Å². The summed E-state index contributed by atoms with van der Waals surface area (Å²) < 4.78 is 27.8. The van der Waals surface area contributed by atoms with E-state index in [0.717, 1.165) is 5.56 Å². The second-order valence-electron chi connectivity index (χ2n) is 7.59. The maximum Gasteiger partial charge on any atom is 0.248 e. The number of carbonyl (C=O) groups excluding carboxylic acids is 1. The van der Waals surface area contributed by atoms with E-state index < -0.39 is 17.8 Å². The van der Waals surface area contributed by atoms with Crippen molar-refractivity contribution in [2.75, 3.05) is 5.32 Å². The number of nitrogens with one attached hydrogen (secondary N) is 1. The summed E-state index contributed by atoms with van der Waals surface area (Å²) in [6.07, 6.45) is 2.73. The fraction of sp³-hybridized carbons (Fsp3) is 0.400. The van der Waals surface area contributed by atoms with Crippen LogP contribution in [0.3, 0.4) is 0 Å². The fourth-order valence-corrected chi connectivity index (χ4v) is 3.81. The summed E-state index contributed by atoms with van der Waals surface area (Å²) >= 11 is 0. The van der Waals surface area contributed by atoms with Crippen molar-refractivity contribution in [3.63, 3.8) is 0 Å². The van der Waals surface area contributed by atoms with Gasteiger partial charge in [0.1, 0.15) is 0 Å². The molecule has 1 fully saturated rings. The van der Waals surface area contributed by atoms with Crippen molar-refractivity contribution in [3.05, 3.63) is 47.9 Å². The van der Waals surface area contributed by atoms with Gasteiger partial charge in [-0.2, -0.15) is 4.80 Å². The average Bonchev–Trinajstić information content (AvgIpc) is 3.29. The van der Waals surface area contributed by atoms with Crippen molar-refractivity contribution < 1.29 is 13.6 Å². The molecule has 0 saturated heterocycles. The molecule has 4 rings (SSSR count). The van der Waals surface area contributed by atoms with Gasteiger partial charge in [-0.15, -0.1) is 10.2 Å². The SMILES string of the molecule is Cc1cnc(NC(=O)[C@H](c2ccc(-c3nnn(C)n3)cc2)[C@H]2CCC(F)(F)C2)cn1. The Balaban J connectivity index is 1.61. The lowest BCUT2D eigenvalue weighted by Gasteiger charge is -2.23. The molecule has 10 heteroatoms. The monoisotopic (exact) mass is 413 g/mol. The number of hydrogen-bond acceptors (Lipinski definition) is 6.